The number of benzene rings is 1. The monoisotopic (exact) mass is 240 g/mol. The molecule has 3 nitrogen and oxygen atoms in total. The molecule has 1 heterocycles. The molecular weight excluding hydrogens is 236 g/mol. The van der Waals surface area contributed by atoms with Crippen LogP contribution >= 0.6 is 15.9 Å². The summed E-state index contributed by atoms with van der Waals surface area (Å²) in [6, 6.07) is 6.32. The van der Waals surface area contributed by atoms with E-state index in [-0.39, 0.29) is 5.75 Å². The lowest BCUT2D eigenvalue weighted by atomic mass is 10.2. The van der Waals surface area contributed by atoms with Crippen LogP contribution in [0.25, 0.3) is 11.0 Å². The molecule has 2 aromatic rings. The minimum absolute atomic E-state index is 0.0990. The molecule has 66 valence electrons. The minimum atomic E-state index is -0.446. The summed E-state index contributed by atoms with van der Waals surface area (Å²) in [4.78, 5) is 11.0. The van der Waals surface area contributed by atoms with Crippen LogP contribution in [0.1, 0.15) is 0 Å². The lowest BCUT2D eigenvalue weighted by Crippen LogP contribution is -1.98. The molecule has 0 saturated carbocycles. The van der Waals surface area contributed by atoms with Crippen LogP contribution in [0.3, 0.4) is 0 Å². The first-order valence-electron chi connectivity index (χ1n) is 3.60. The normalized spacial score (nSPS) is 10.5. The average molecular weight is 241 g/mol. The topological polar surface area (TPSA) is 50.4 Å². The van der Waals surface area contributed by atoms with Gasteiger partial charge in [-0.1, -0.05) is 6.07 Å². The number of fused-ring (bicyclic) bond motifs is 1. The number of phenols is 1. The van der Waals surface area contributed by atoms with Gasteiger partial charge in [0.05, 0.1) is 5.39 Å². The molecule has 0 aliphatic heterocycles. The Balaban J connectivity index is 2.97. The maximum Gasteiger partial charge on any atom is 0.350 e. The summed E-state index contributed by atoms with van der Waals surface area (Å²) in [5.41, 5.74) is -0.0636. The molecule has 0 unspecified atom stereocenters. The van der Waals surface area contributed by atoms with Crippen LogP contribution in [0.5, 0.6) is 5.75 Å². The number of halogens is 1. The SMILES string of the molecule is O=c1oc2cccc(O)c2cc1Br. The molecule has 1 aromatic carbocycles. The van der Waals surface area contributed by atoms with E-state index in [9.17, 15) is 9.90 Å². The minimum Gasteiger partial charge on any atom is -0.507 e. The fraction of sp³-hybridized carbons (Fsp3) is 0. The first-order valence-corrected chi connectivity index (χ1v) is 4.39. The van der Waals surface area contributed by atoms with E-state index in [4.69, 9.17) is 4.42 Å². The molecule has 0 atom stereocenters. The van der Waals surface area contributed by atoms with Gasteiger partial charge >= 0.3 is 5.63 Å². The third-order valence-electron chi connectivity index (χ3n) is 1.71. The number of hydrogen-bond donors (Lipinski definition) is 1. The van der Waals surface area contributed by atoms with Gasteiger partial charge in [-0.25, -0.2) is 4.79 Å². The molecule has 0 spiro atoms. The highest BCUT2D eigenvalue weighted by Gasteiger charge is 2.04. The molecule has 0 fully saturated rings. The molecule has 1 aromatic heterocycles. The highest BCUT2D eigenvalue weighted by atomic mass is 79.9. The first kappa shape index (κ1) is 8.31. The lowest BCUT2D eigenvalue weighted by Gasteiger charge is -1.98. The maximum atomic E-state index is 11.0. The van der Waals surface area contributed by atoms with Gasteiger partial charge in [0, 0.05) is 0 Å². The van der Waals surface area contributed by atoms with Gasteiger partial charge in [-0.2, -0.15) is 0 Å². The molecular formula is C9H5BrO3. The van der Waals surface area contributed by atoms with E-state index in [0.29, 0.717) is 15.4 Å². The Hall–Kier alpha value is -1.29. The van der Waals surface area contributed by atoms with Crippen LogP contribution in [-0.4, -0.2) is 5.11 Å². The van der Waals surface area contributed by atoms with Crippen LogP contribution in [0.2, 0.25) is 0 Å². The van der Waals surface area contributed by atoms with Crippen LogP contribution in [0, 0.1) is 0 Å². The van der Waals surface area contributed by atoms with Crippen molar-refractivity contribution in [1.82, 2.24) is 0 Å². The highest BCUT2D eigenvalue weighted by molar-refractivity contribution is 9.10. The third-order valence-corrected chi connectivity index (χ3v) is 2.26. The van der Waals surface area contributed by atoms with E-state index in [1.165, 1.54) is 12.1 Å². The zero-order chi connectivity index (χ0) is 9.42. The van der Waals surface area contributed by atoms with Crippen LogP contribution in [-0.2, 0) is 0 Å². The molecule has 0 aliphatic carbocycles. The first-order chi connectivity index (χ1) is 6.18. The fourth-order valence-corrected chi connectivity index (χ4v) is 1.41. The van der Waals surface area contributed by atoms with Gasteiger partial charge in [0.15, 0.2) is 0 Å². The van der Waals surface area contributed by atoms with Crippen molar-refractivity contribution in [1.29, 1.82) is 0 Å². The second kappa shape index (κ2) is 2.88. The smallest absolute Gasteiger partial charge is 0.350 e. The molecule has 13 heavy (non-hydrogen) atoms. The zero-order valence-corrected chi connectivity index (χ0v) is 8.04. The summed E-state index contributed by atoms with van der Waals surface area (Å²) >= 11 is 3.03. The van der Waals surface area contributed by atoms with Crippen molar-refractivity contribution in [3.63, 3.8) is 0 Å². The Labute approximate surface area is 81.7 Å². The summed E-state index contributed by atoms with van der Waals surface area (Å²) in [7, 11) is 0. The van der Waals surface area contributed by atoms with Gasteiger partial charge in [0.2, 0.25) is 0 Å². The molecule has 1 N–H and O–H groups in total. The van der Waals surface area contributed by atoms with E-state index in [2.05, 4.69) is 15.9 Å². The zero-order valence-electron chi connectivity index (χ0n) is 6.45. The fourth-order valence-electron chi connectivity index (χ4n) is 1.10. The summed E-state index contributed by atoms with van der Waals surface area (Å²) in [5, 5.41) is 9.93. The van der Waals surface area contributed by atoms with Crippen molar-refractivity contribution >= 4 is 26.9 Å². The number of aromatic hydroxyl groups is 1. The van der Waals surface area contributed by atoms with E-state index in [0.717, 1.165) is 0 Å². The molecule has 0 bridgehead atoms. The Morgan fingerprint density at radius 2 is 2.15 bits per heavy atom. The number of phenolic OH excluding ortho intramolecular Hbond substituents is 1. The van der Waals surface area contributed by atoms with Crippen molar-refractivity contribution < 1.29 is 9.52 Å². The van der Waals surface area contributed by atoms with Gasteiger partial charge in [-0.05, 0) is 34.1 Å². The molecule has 0 saturated heterocycles. The lowest BCUT2D eigenvalue weighted by molar-refractivity contribution is 0.478. The molecule has 0 radical (unpaired) electrons. The van der Waals surface area contributed by atoms with E-state index < -0.39 is 5.63 Å². The van der Waals surface area contributed by atoms with Gasteiger partial charge in [0.25, 0.3) is 0 Å². The summed E-state index contributed by atoms with van der Waals surface area (Å²) in [6.07, 6.45) is 0. The molecule has 0 aliphatic rings. The summed E-state index contributed by atoms with van der Waals surface area (Å²) in [6.45, 7) is 0. The van der Waals surface area contributed by atoms with E-state index >= 15 is 0 Å². The van der Waals surface area contributed by atoms with Crippen molar-refractivity contribution in [3.05, 3.63) is 39.2 Å². The predicted molar refractivity (Wildman–Crippen MR) is 51.8 cm³/mol. The van der Waals surface area contributed by atoms with Crippen molar-refractivity contribution in [2.24, 2.45) is 0 Å². The molecule has 4 heteroatoms. The standard InChI is InChI=1S/C9H5BrO3/c10-6-4-5-7(11)2-1-3-8(5)13-9(6)12/h1-4,11H. The largest absolute Gasteiger partial charge is 0.507 e. The van der Waals surface area contributed by atoms with Gasteiger partial charge < -0.3 is 9.52 Å². The molecule has 0 amide bonds. The van der Waals surface area contributed by atoms with Gasteiger partial charge in [-0.15, -0.1) is 0 Å². The van der Waals surface area contributed by atoms with Gasteiger partial charge in [-0.3, -0.25) is 0 Å². The van der Waals surface area contributed by atoms with Crippen LogP contribution in [0.4, 0.5) is 0 Å². The van der Waals surface area contributed by atoms with Crippen molar-refractivity contribution in [2.45, 2.75) is 0 Å². The van der Waals surface area contributed by atoms with Crippen LogP contribution in [0.15, 0.2) is 37.9 Å². The second-order valence-electron chi connectivity index (χ2n) is 2.57. The average Bonchev–Trinajstić information content (AvgIpc) is 2.09. The number of hydrogen-bond acceptors (Lipinski definition) is 3. The van der Waals surface area contributed by atoms with E-state index in [1.807, 2.05) is 0 Å². The Morgan fingerprint density at radius 1 is 1.38 bits per heavy atom. The van der Waals surface area contributed by atoms with Crippen molar-refractivity contribution in [2.75, 3.05) is 0 Å². The quantitative estimate of drug-likeness (QED) is 0.719. The number of rotatable bonds is 0. The third kappa shape index (κ3) is 1.33. The van der Waals surface area contributed by atoms with E-state index in [1.54, 1.807) is 12.1 Å². The van der Waals surface area contributed by atoms with Crippen molar-refractivity contribution in [3.8, 4) is 5.75 Å². The Bertz CT molecular complexity index is 516. The second-order valence-corrected chi connectivity index (χ2v) is 3.43. The van der Waals surface area contributed by atoms with Gasteiger partial charge in [0.1, 0.15) is 15.8 Å². The highest BCUT2D eigenvalue weighted by Crippen LogP contribution is 2.24. The Morgan fingerprint density at radius 3 is 2.92 bits per heavy atom. The predicted octanol–water partition coefficient (Wildman–Crippen LogP) is 2.26. The summed E-state index contributed by atoms with van der Waals surface area (Å²) in [5.74, 6) is 0.0990. The summed E-state index contributed by atoms with van der Waals surface area (Å²) < 4.78 is 5.22. The maximum absolute atomic E-state index is 11.0. The Kier molecular flexibility index (Phi) is 1.84. The van der Waals surface area contributed by atoms with Crippen LogP contribution < -0.4 is 5.63 Å². The molecule has 2 rings (SSSR count).